The van der Waals surface area contributed by atoms with Crippen molar-refractivity contribution in [1.29, 1.82) is 0 Å². The number of thiazole rings is 1. The molecule has 0 saturated carbocycles. The molecule has 2 aromatic heterocycles. The summed E-state index contributed by atoms with van der Waals surface area (Å²) in [6.07, 6.45) is 0.817. The van der Waals surface area contributed by atoms with E-state index in [1.54, 1.807) is 0 Å². The molecule has 8 nitrogen and oxygen atoms in total. The van der Waals surface area contributed by atoms with Crippen LogP contribution in [0.2, 0.25) is 0 Å². The van der Waals surface area contributed by atoms with E-state index in [2.05, 4.69) is 25.8 Å². The zero-order valence-corrected chi connectivity index (χ0v) is 16.7. The van der Waals surface area contributed by atoms with Gasteiger partial charge in [-0.05, 0) is 44.9 Å². The number of nitrogens with two attached hydrogens (primary N) is 1. The number of aryl methyl sites for hydroxylation is 3. The standard InChI is InChI=1S/C19H22N6O2S/c1-10-4-6-13(7-5-10)21-19-23-16(17(20)27)18(28-19)22-15(26)9-8-14-11(2)24-25-12(14)3/h4-7H,8-9H2,1-3H3,(H2,20,27)(H,21,23)(H,22,26)(H,24,25). The maximum Gasteiger partial charge on any atom is 0.270 e. The second-order valence-electron chi connectivity index (χ2n) is 6.51. The van der Waals surface area contributed by atoms with Crippen LogP contribution >= 0.6 is 11.3 Å². The molecule has 146 valence electrons. The number of nitrogens with zero attached hydrogens (tertiary/aromatic N) is 2. The quantitative estimate of drug-likeness (QED) is 0.486. The molecule has 9 heteroatoms. The molecule has 0 saturated heterocycles. The average molecular weight is 398 g/mol. The van der Waals surface area contributed by atoms with E-state index in [9.17, 15) is 9.59 Å². The first-order chi connectivity index (χ1) is 13.3. The number of aromatic amines is 1. The molecule has 5 N–H and O–H groups in total. The third kappa shape index (κ3) is 4.55. The van der Waals surface area contributed by atoms with Gasteiger partial charge in [0.25, 0.3) is 5.91 Å². The van der Waals surface area contributed by atoms with Gasteiger partial charge in [-0.25, -0.2) is 4.98 Å². The summed E-state index contributed by atoms with van der Waals surface area (Å²) >= 11 is 1.17. The Morgan fingerprint density at radius 2 is 1.89 bits per heavy atom. The molecular weight excluding hydrogens is 376 g/mol. The van der Waals surface area contributed by atoms with Crippen LogP contribution in [0, 0.1) is 20.8 Å². The number of H-pyrrole nitrogens is 1. The number of anilines is 3. The van der Waals surface area contributed by atoms with Crippen molar-refractivity contribution in [2.24, 2.45) is 5.73 Å². The SMILES string of the molecule is Cc1ccc(Nc2nc(C(N)=O)c(NC(=O)CCc3c(C)n[nH]c3C)s2)cc1. The number of hydrogen-bond acceptors (Lipinski definition) is 6. The molecule has 0 radical (unpaired) electrons. The van der Waals surface area contributed by atoms with Gasteiger partial charge < -0.3 is 16.4 Å². The Bertz CT molecular complexity index is 987. The summed E-state index contributed by atoms with van der Waals surface area (Å²) in [5.41, 5.74) is 10.3. The summed E-state index contributed by atoms with van der Waals surface area (Å²) in [5.74, 6) is -0.905. The van der Waals surface area contributed by atoms with E-state index in [1.165, 1.54) is 11.3 Å². The minimum absolute atomic E-state index is 0.0450. The van der Waals surface area contributed by atoms with Crippen LogP contribution < -0.4 is 16.4 Å². The van der Waals surface area contributed by atoms with Crippen molar-refractivity contribution in [3.8, 4) is 0 Å². The molecule has 3 aromatic rings. The van der Waals surface area contributed by atoms with Gasteiger partial charge in [-0.2, -0.15) is 5.10 Å². The Hall–Kier alpha value is -3.20. The highest BCUT2D eigenvalue weighted by Crippen LogP contribution is 2.30. The molecule has 0 spiro atoms. The smallest absolute Gasteiger partial charge is 0.270 e. The summed E-state index contributed by atoms with van der Waals surface area (Å²) < 4.78 is 0. The van der Waals surface area contributed by atoms with Crippen molar-refractivity contribution in [2.45, 2.75) is 33.6 Å². The summed E-state index contributed by atoms with van der Waals surface area (Å²) in [5, 5.41) is 13.7. The fraction of sp³-hybridized carbons (Fsp3) is 0.263. The zero-order valence-electron chi connectivity index (χ0n) is 15.9. The number of nitrogens with one attached hydrogen (secondary N) is 3. The molecular formula is C19H22N6O2S. The summed E-state index contributed by atoms with van der Waals surface area (Å²) in [4.78, 5) is 28.3. The maximum absolute atomic E-state index is 12.4. The number of carbonyl (C=O) groups excluding carboxylic acids is 2. The molecule has 0 bridgehead atoms. The van der Waals surface area contributed by atoms with Crippen LogP contribution in [0.5, 0.6) is 0 Å². The lowest BCUT2D eigenvalue weighted by molar-refractivity contribution is -0.116. The normalized spacial score (nSPS) is 10.7. The number of hydrogen-bond donors (Lipinski definition) is 4. The lowest BCUT2D eigenvalue weighted by Gasteiger charge is -2.04. The molecule has 28 heavy (non-hydrogen) atoms. The first-order valence-corrected chi connectivity index (χ1v) is 9.59. The first kappa shape index (κ1) is 19.6. The van der Waals surface area contributed by atoms with Gasteiger partial charge in [0.2, 0.25) is 5.91 Å². The van der Waals surface area contributed by atoms with Crippen LogP contribution in [0.1, 0.15) is 39.4 Å². The van der Waals surface area contributed by atoms with E-state index in [4.69, 9.17) is 5.73 Å². The Morgan fingerprint density at radius 1 is 1.18 bits per heavy atom. The minimum Gasteiger partial charge on any atom is -0.364 e. The van der Waals surface area contributed by atoms with Crippen LogP contribution in [0.15, 0.2) is 24.3 Å². The highest BCUT2D eigenvalue weighted by Gasteiger charge is 2.18. The van der Waals surface area contributed by atoms with E-state index < -0.39 is 5.91 Å². The molecule has 3 rings (SSSR count). The average Bonchev–Trinajstić information content (AvgIpc) is 3.18. The molecule has 2 amide bonds. The van der Waals surface area contributed by atoms with Crippen LogP contribution in [-0.2, 0) is 11.2 Å². The highest BCUT2D eigenvalue weighted by atomic mass is 32.1. The third-order valence-electron chi connectivity index (χ3n) is 4.30. The molecule has 0 aliphatic carbocycles. The van der Waals surface area contributed by atoms with Crippen molar-refractivity contribution >= 4 is 39.0 Å². The number of primary amides is 1. The molecule has 1 aromatic carbocycles. The number of carbonyl (C=O) groups is 2. The monoisotopic (exact) mass is 398 g/mol. The largest absolute Gasteiger partial charge is 0.364 e. The van der Waals surface area contributed by atoms with Crippen LogP contribution in [0.3, 0.4) is 0 Å². The summed E-state index contributed by atoms with van der Waals surface area (Å²) in [7, 11) is 0. The van der Waals surface area contributed by atoms with Gasteiger partial charge in [0.15, 0.2) is 10.8 Å². The molecule has 0 unspecified atom stereocenters. The number of amides is 2. The fourth-order valence-electron chi connectivity index (χ4n) is 2.76. The van der Waals surface area contributed by atoms with Gasteiger partial charge in [0, 0.05) is 17.8 Å². The summed E-state index contributed by atoms with van der Waals surface area (Å²) in [6, 6.07) is 7.75. The van der Waals surface area contributed by atoms with Gasteiger partial charge >= 0.3 is 0 Å². The van der Waals surface area contributed by atoms with Gasteiger partial charge in [-0.1, -0.05) is 29.0 Å². The van der Waals surface area contributed by atoms with E-state index in [1.807, 2.05) is 45.0 Å². The van der Waals surface area contributed by atoms with Crippen molar-refractivity contribution in [3.63, 3.8) is 0 Å². The number of benzene rings is 1. The topological polar surface area (TPSA) is 126 Å². The van der Waals surface area contributed by atoms with Gasteiger partial charge in [0.1, 0.15) is 5.00 Å². The number of aromatic nitrogens is 3. The fourth-order valence-corrected chi connectivity index (χ4v) is 3.66. The zero-order chi connectivity index (χ0) is 20.3. The van der Waals surface area contributed by atoms with Crippen LogP contribution in [0.4, 0.5) is 15.8 Å². The molecule has 0 aliphatic heterocycles. The summed E-state index contributed by atoms with van der Waals surface area (Å²) in [6.45, 7) is 5.82. The third-order valence-corrected chi connectivity index (χ3v) is 5.19. The molecule has 0 atom stereocenters. The van der Waals surface area contributed by atoms with Crippen LogP contribution in [0.25, 0.3) is 0 Å². The Labute approximate surface area is 166 Å². The van der Waals surface area contributed by atoms with Crippen molar-refractivity contribution in [1.82, 2.24) is 15.2 Å². The van der Waals surface area contributed by atoms with E-state index in [-0.39, 0.29) is 18.0 Å². The van der Waals surface area contributed by atoms with Gasteiger partial charge in [-0.3, -0.25) is 14.7 Å². The second kappa shape index (κ2) is 8.22. The van der Waals surface area contributed by atoms with Gasteiger partial charge in [0.05, 0.1) is 5.69 Å². The Kier molecular flexibility index (Phi) is 5.74. The number of rotatable bonds is 7. The lowest BCUT2D eigenvalue weighted by atomic mass is 10.1. The van der Waals surface area contributed by atoms with E-state index in [0.717, 1.165) is 28.2 Å². The van der Waals surface area contributed by atoms with Crippen LogP contribution in [-0.4, -0.2) is 27.0 Å². The van der Waals surface area contributed by atoms with Crippen molar-refractivity contribution in [2.75, 3.05) is 10.6 Å². The maximum atomic E-state index is 12.4. The highest BCUT2D eigenvalue weighted by molar-refractivity contribution is 7.20. The van der Waals surface area contributed by atoms with Crippen molar-refractivity contribution in [3.05, 3.63) is 52.5 Å². The predicted molar refractivity (Wildman–Crippen MR) is 110 cm³/mol. The second-order valence-corrected chi connectivity index (χ2v) is 7.51. The Morgan fingerprint density at radius 3 is 2.50 bits per heavy atom. The lowest BCUT2D eigenvalue weighted by Crippen LogP contribution is -2.17. The molecule has 0 aliphatic rings. The van der Waals surface area contributed by atoms with Gasteiger partial charge in [-0.15, -0.1) is 0 Å². The molecule has 2 heterocycles. The van der Waals surface area contributed by atoms with E-state index >= 15 is 0 Å². The first-order valence-electron chi connectivity index (χ1n) is 8.78. The van der Waals surface area contributed by atoms with E-state index in [0.29, 0.717) is 16.6 Å². The minimum atomic E-state index is -0.690. The molecule has 0 fully saturated rings. The Balaban J connectivity index is 1.69. The predicted octanol–water partition coefficient (Wildman–Crippen LogP) is 3.21. The van der Waals surface area contributed by atoms with Crippen molar-refractivity contribution < 1.29 is 9.59 Å².